The number of hydrogen-bond acceptors (Lipinski definition) is 5. The zero-order valence-corrected chi connectivity index (χ0v) is 17.2. The highest BCUT2D eigenvalue weighted by Gasteiger charge is 2.18. The Morgan fingerprint density at radius 2 is 1.81 bits per heavy atom. The minimum absolute atomic E-state index is 0.0975. The number of phenolic OH excluding ortho intramolecular Hbond substituents is 1. The van der Waals surface area contributed by atoms with Crippen molar-refractivity contribution in [2.24, 2.45) is 0 Å². The number of methoxy groups -OCH3 is 1. The Kier molecular flexibility index (Phi) is 6.03. The highest BCUT2D eigenvalue weighted by Crippen LogP contribution is 2.33. The van der Waals surface area contributed by atoms with Gasteiger partial charge in [0.15, 0.2) is 17.3 Å². The monoisotopic (exact) mass is 466 g/mol. The molecule has 1 heterocycles. The SMILES string of the molecule is COc1cc(CN2CCN(c3ccc(C(C)=O)cc3)CC2)cc(I)c1O. The predicted molar refractivity (Wildman–Crippen MR) is 111 cm³/mol. The average Bonchev–Trinajstić information content (AvgIpc) is 2.65. The van der Waals surface area contributed by atoms with E-state index in [1.54, 1.807) is 14.0 Å². The molecule has 0 bridgehead atoms. The van der Waals surface area contributed by atoms with E-state index < -0.39 is 0 Å². The van der Waals surface area contributed by atoms with Crippen LogP contribution in [-0.4, -0.2) is 49.1 Å². The number of nitrogens with zero attached hydrogens (tertiary/aromatic N) is 2. The van der Waals surface area contributed by atoms with Crippen molar-refractivity contribution >= 4 is 34.1 Å². The molecule has 0 unspecified atom stereocenters. The van der Waals surface area contributed by atoms with Crippen molar-refractivity contribution in [3.63, 3.8) is 0 Å². The number of carbonyl (C=O) groups excluding carboxylic acids is 1. The fourth-order valence-corrected chi connectivity index (χ4v) is 3.87. The zero-order chi connectivity index (χ0) is 18.7. The molecule has 6 heteroatoms. The van der Waals surface area contributed by atoms with Crippen LogP contribution in [0.4, 0.5) is 5.69 Å². The number of aromatic hydroxyl groups is 1. The highest BCUT2D eigenvalue weighted by molar-refractivity contribution is 14.1. The second-order valence-corrected chi connectivity index (χ2v) is 7.66. The van der Waals surface area contributed by atoms with E-state index in [0.29, 0.717) is 5.75 Å². The molecule has 1 aliphatic rings. The molecular weight excluding hydrogens is 443 g/mol. The summed E-state index contributed by atoms with van der Waals surface area (Å²) in [6.07, 6.45) is 0. The van der Waals surface area contributed by atoms with E-state index in [4.69, 9.17) is 4.74 Å². The summed E-state index contributed by atoms with van der Waals surface area (Å²) in [6, 6.07) is 11.8. The van der Waals surface area contributed by atoms with Crippen LogP contribution in [0.2, 0.25) is 0 Å². The normalized spacial score (nSPS) is 15.1. The standard InChI is InChI=1S/C20H23IN2O3/c1-14(24)16-3-5-17(6-4-16)23-9-7-22(8-10-23)13-15-11-18(21)20(25)19(12-15)26-2/h3-6,11-12,25H,7-10,13H2,1-2H3. The number of carbonyl (C=O) groups is 1. The molecule has 0 aliphatic carbocycles. The van der Waals surface area contributed by atoms with E-state index in [1.807, 2.05) is 36.4 Å². The maximum Gasteiger partial charge on any atom is 0.171 e. The van der Waals surface area contributed by atoms with E-state index in [2.05, 4.69) is 32.4 Å². The lowest BCUT2D eigenvalue weighted by Crippen LogP contribution is -2.45. The minimum Gasteiger partial charge on any atom is -0.504 e. The van der Waals surface area contributed by atoms with Crippen LogP contribution in [-0.2, 0) is 6.54 Å². The summed E-state index contributed by atoms with van der Waals surface area (Å²) in [7, 11) is 1.57. The van der Waals surface area contributed by atoms with Crippen LogP contribution in [0.25, 0.3) is 0 Å². The molecule has 1 N–H and O–H groups in total. The van der Waals surface area contributed by atoms with Gasteiger partial charge in [-0.15, -0.1) is 0 Å². The van der Waals surface area contributed by atoms with Crippen molar-refractivity contribution in [3.05, 3.63) is 51.1 Å². The molecule has 3 rings (SSSR count). The second kappa shape index (κ2) is 8.26. The van der Waals surface area contributed by atoms with Gasteiger partial charge in [0.05, 0.1) is 10.7 Å². The van der Waals surface area contributed by atoms with Gasteiger partial charge in [-0.2, -0.15) is 0 Å². The lowest BCUT2D eigenvalue weighted by atomic mass is 10.1. The third-order valence-electron chi connectivity index (χ3n) is 4.73. The topological polar surface area (TPSA) is 53.0 Å². The number of piperazine rings is 1. The smallest absolute Gasteiger partial charge is 0.171 e. The molecule has 0 atom stereocenters. The number of rotatable bonds is 5. The van der Waals surface area contributed by atoms with Crippen LogP contribution < -0.4 is 9.64 Å². The number of halogens is 1. The molecule has 138 valence electrons. The van der Waals surface area contributed by atoms with E-state index in [9.17, 15) is 9.90 Å². The Labute approximate surface area is 167 Å². The molecule has 26 heavy (non-hydrogen) atoms. The molecule has 1 aliphatic heterocycles. The van der Waals surface area contributed by atoms with Gasteiger partial charge < -0.3 is 14.7 Å². The molecule has 2 aromatic rings. The Bertz CT molecular complexity index is 784. The Hall–Kier alpha value is -1.80. The third-order valence-corrected chi connectivity index (χ3v) is 5.55. The molecule has 0 spiro atoms. The first kappa shape index (κ1) is 19.0. The van der Waals surface area contributed by atoms with E-state index in [1.165, 1.54) is 0 Å². The number of ketones is 1. The third kappa shape index (κ3) is 4.29. The fourth-order valence-electron chi connectivity index (χ4n) is 3.20. The molecule has 2 aromatic carbocycles. The first-order valence-electron chi connectivity index (χ1n) is 8.61. The molecule has 0 amide bonds. The minimum atomic E-state index is 0.0975. The zero-order valence-electron chi connectivity index (χ0n) is 15.0. The number of benzene rings is 2. The van der Waals surface area contributed by atoms with Crippen LogP contribution >= 0.6 is 22.6 Å². The summed E-state index contributed by atoms with van der Waals surface area (Å²) in [5, 5.41) is 9.97. The molecule has 0 saturated carbocycles. The van der Waals surface area contributed by atoms with E-state index in [-0.39, 0.29) is 11.5 Å². The second-order valence-electron chi connectivity index (χ2n) is 6.49. The highest BCUT2D eigenvalue weighted by atomic mass is 127. The van der Waals surface area contributed by atoms with Crippen molar-refractivity contribution < 1.29 is 14.6 Å². The van der Waals surface area contributed by atoms with E-state index in [0.717, 1.165) is 53.1 Å². The Morgan fingerprint density at radius 1 is 1.15 bits per heavy atom. The lowest BCUT2D eigenvalue weighted by molar-refractivity contribution is 0.101. The van der Waals surface area contributed by atoms with Gasteiger partial charge in [0.2, 0.25) is 0 Å². The number of Topliss-reactive ketones (excluding diaryl/α,β-unsaturated/α-hetero) is 1. The van der Waals surface area contributed by atoms with Gasteiger partial charge in [0.25, 0.3) is 0 Å². The first-order valence-corrected chi connectivity index (χ1v) is 9.69. The summed E-state index contributed by atoms with van der Waals surface area (Å²) in [4.78, 5) is 16.1. The lowest BCUT2D eigenvalue weighted by Gasteiger charge is -2.36. The summed E-state index contributed by atoms with van der Waals surface area (Å²) < 4.78 is 6.06. The van der Waals surface area contributed by atoms with Gasteiger partial charge in [-0.05, 0) is 71.5 Å². The maximum absolute atomic E-state index is 11.4. The van der Waals surface area contributed by atoms with Crippen LogP contribution in [0.3, 0.4) is 0 Å². The fraction of sp³-hybridized carbons (Fsp3) is 0.350. The number of hydrogen-bond donors (Lipinski definition) is 1. The van der Waals surface area contributed by atoms with Crippen LogP contribution in [0.15, 0.2) is 36.4 Å². The largest absolute Gasteiger partial charge is 0.504 e. The summed E-state index contributed by atoms with van der Waals surface area (Å²) >= 11 is 2.13. The first-order chi connectivity index (χ1) is 12.5. The van der Waals surface area contributed by atoms with E-state index >= 15 is 0 Å². The van der Waals surface area contributed by atoms with Crippen LogP contribution in [0.1, 0.15) is 22.8 Å². The van der Waals surface area contributed by atoms with Crippen LogP contribution in [0, 0.1) is 3.57 Å². The molecule has 0 radical (unpaired) electrons. The predicted octanol–water partition coefficient (Wildman–Crippen LogP) is 3.53. The van der Waals surface area contributed by atoms with Gasteiger partial charge in [0, 0.05) is 44.0 Å². The number of ether oxygens (including phenoxy) is 1. The molecule has 1 saturated heterocycles. The van der Waals surface area contributed by atoms with Crippen molar-refractivity contribution in [1.29, 1.82) is 0 Å². The van der Waals surface area contributed by atoms with Crippen molar-refractivity contribution in [2.45, 2.75) is 13.5 Å². The van der Waals surface area contributed by atoms with Crippen molar-refractivity contribution in [1.82, 2.24) is 4.90 Å². The van der Waals surface area contributed by atoms with Crippen molar-refractivity contribution in [3.8, 4) is 11.5 Å². The quantitative estimate of drug-likeness (QED) is 0.540. The summed E-state index contributed by atoms with van der Waals surface area (Å²) in [6.45, 7) is 6.26. The molecule has 5 nitrogen and oxygen atoms in total. The molecular formula is C20H23IN2O3. The summed E-state index contributed by atoms with van der Waals surface area (Å²) in [5.41, 5.74) is 3.06. The molecule has 1 fully saturated rings. The van der Waals surface area contributed by atoms with Gasteiger partial charge >= 0.3 is 0 Å². The number of anilines is 1. The summed E-state index contributed by atoms with van der Waals surface area (Å²) in [5.74, 6) is 0.826. The van der Waals surface area contributed by atoms with Crippen molar-refractivity contribution in [2.75, 3.05) is 38.2 Å². The molecule has 0 aromatic heterocycles. The van der Waals surface area contributed by atoms with Crippen LogP contribution in [0.5, 0.6) is 11.5 Å². The van der Waals surface area contributed by atoms with Gasteiger partial charge in [0.1, 0.15) is 0 Å². The van der Waals surface area contributed by atoms with Gasteiger partial charge in [-0.1, -0.05) is 0 Å². The van der Waals surface area contributed by atoms with Gasteiger partial charge in [-0.25, -0.2) is 0 Å². The van der Waals surface area contributed by atoms with Gasteiger partial charge in [-0.3, -0.25) is 9.69 Å². The Balaban J connectivity index is 1.60. The Morgan fingerprint density at radius 3 is 2.38 bits per heavy atom. The average molecular weight is 466 g/mol. The number of phenols is 1. The maximum atomic E-state index is 11.4.